The summed E-state index contributed by atoms with van der Waals surface area (Å²) in [6.07, 6.45) is 1.74. The highest BCUT2D eigenvalue weighted by Gasteiger charge is 2.25. The van der Waals surface area contributed by atoms with E-state index in [1.165, 1.54) is 16.7 Å². The zero-order chi connectivity index (χ0) is 14.7. The number of nitrogens with one attached hydrogen (secondary N) is 2. The molecule has 0 atom stereocenters. The molecule has 1 aromatic heterocycles. The van der Waals surface area contributed by atoms with Gasteiger partial charge in [-0.05, 0) is 5.56 Å². The average Bonchev–Trinajstić information content (AvgIpc) is 3.15. The van der Waals surface area contributed by atoms with Crippen LogP contribution >= 0.6 is 11.8 Å². The smallest absolute Gasteiger partial charge is 0.324 e. The zero-order valence-corrected chi connectivity index (χ0v) is 12.0. The number of carbonyl (C=O) groups is 2. The second-order valence-corrected chi connectivity index (χ2v) is 5.50. The van der Waals surface area contributed by atoms with Gasteiger partial charge in [0.1, 0.15) is 0 Å². The maximum Gasteiger partial charge on any atom is 0.324 e. The summed E-state index contributed by atoms with van der Waals surface area (Å²) < 4.78 is 0. The minimum absolute atomic E-state index is 0.190. The summed E-state index contributed by atoms with van der Waals surface area (Å²) in [6.45, 7) is 0.958. The van der Waals surface area contributed by atoms with Crippen LogP contribution in [0.25, 0.3) is 11.3 Å². The van der Waals surface area contributed by atoms with Crippen molar-refractivity contribution in [2.45, 2.75) is 5.16 Å². The van der Waals surface area contributed by atoms with Gasteiger partial charge >= 0.3 is 6.03 Å². The summed E-state index contributed by atoms with van der Waals surface area (Å²) in [5, 5.41) is 3.28. The number of H-pyrrole nitrogens is 1. The zero-order valence-electron chi connectivity index (χ0n) is 11.2. The lowest BCUT2D eigenvalue weighted by molar-refractivity contribution is -0.124. The number of rotatable bonds is 4. The number of benzene rings is 1. The third kappa shape index (κ3) is 3.08. The maximum absolute atomic E-state index is 11.9. The molecule has 3 rings (SSSR count). The molecule has 2 aromatic rings. The molecule has 1 saturated heterocycles. The summed E-state index contributed by atoms with van der Waals surface area (Å²) in [4.78, 5) is 31.9. The number of hydrogen-bond acceptors (Lipinski definition) is 4. The molecule has 2 heterocycles. The molecule has 1 aromatic carbocycles. The van der Waals surface area contributed by atoms with Crippen molar-refractivity contribution in [2.75, 3.05) is 18.8 Å². The fourth-order valence-electron chi connectivity index (χ4n) is 2.06. The Bertz CT molecular complexity index is 656. The third-order valence-corrected chi connectivity index (χ3v) is 4.00. The summed E-state index contributed by atoms with van der Waals surface area (Å²) in [7, 11) is 0. The van der Waals surface area contributed by atoms with Crippen molar-refractivity contribution in [2.24, 2.45) is 0 Å². The molecule has 0 saturated carbocycles. The van der Waals surface area contributed by atoms with E-state index in [1.807, 2.05) is 30.3 Å². The number of urea groups is 1. The van der Waals surface area contributed by atoms with Crippen molar-refractivity contribution in [3.05, 3.63) is 36.5 Å². The highest BCUT2D eigenvalue weighted by atomic mass is 32.2. The molecule has 1 aliphatic heterocycles. The van der Waals surface area contributed by atoms with Gasteiger partial charge in [0.25, 0.3) is 0 Å². The number of imidazole rings is 1. The van der Waals surface area contributed by atoms with Gasteiger partial charge in [0.2, 0.25) is 5.91 Å². The van der Waals surface area contributed by atoms with E-state index in [0.29, 0.717) is 18.2 Å². The lowest BCUT2D eigenvalue weighted by Gasteiger charge is -2.10. The highest BCUT2D eigenvalue weighted by molar-refractivity contribution is 7.99. The van der Waals surface area contributed by atoms with Gasteiger partial charge < -0.3 is 10.3 Å². The minimum Gasteiger partial charge on any atom is -0.336 e. The van der Waals surface area contributed by atoms with E-state index in [2.05, 4.69) is 15.3 Å². The molecule has 3 amide bonds. The normalized spacial score (nSPS) is 14.3. The first-order valence-electron chi connectivity index (χ1n) is 6.55. The van der Waals surface area contributed by atoms with Gasteiger partial charge in [-0.25, -0.2) is 9.78 Å². The number of imide groups is 1. The number of carbonyl (C=O) groups excluding carboxylic acids is 2. The first-order chi connectivity index (χ1) is 10.2. The van der Waals surface area contributed by atoms with Crippen molar-refractivity contribution >= 4 is 23.7 Å². The topological polar surface area (TPSA) is 78.1 Å². The number of thioether (sulfide) groups is 1. The Morgan fingerprint density at radius 3 is 2.86 bits per heavy atom. The fourth-order valence-corrected chi connectivity index (χ4v) is 2.78. The van der Waals surface area contributed by atoms with E-state index in [-0.39, 0.29) is 17.7 Å². The van der Waals surface area contributed by atoms with E-state index < -0.39 is 0 Å². The van der Waals surface area contributed by atoms with Gasteiger partial charge in [-0.1, -0.05) is 42.1 Å². The van der Waals surface area contributed by atoms with Crippen LogP contribution in [0.4, 0.5) is 4.79 Å². The predicted molar refractivity (Wildman–Crippen MR) is 79.9 cm³/mol. The number of amides is 3. The van der Waals surface area contributed by atoms with Crippen molar-refractivity contribution in [3.8, 4) is 11.3 Å². The monoisotopic (exact) mass is 302 g/mol. The molecule has 21 heavy (non-hydrogen) atoms. The number of nitrogens with zero attached hydrogens (tertiary/aromatic N) is 2. The third-order valence-electron chi connectivity index (χ3n) is 3.13. The van der Waals surface area contributed by atoms with Crippen molar-refractivity contribution < 1.29 is 9.59 Å². The first-order valence-corrected chi connectivity index (χ1v) is 7.54. The van der Waals surface area contributed by atoms with E-state index in [9.17, 15) is 9.59 Å². The van der Waals surface area contributed by atoms with Gasteiger partial charge in [0.15, 0.2) is 5.16 Å². The highest BCUT2D eigenvalue weighted by Crippen LogP contribution is 2.21. The number of aromatic amines is 1. The second-order valence-electron chi connectivity index (χ2n) is 4.53. The molecule has 1 aliphatic rings. The molecule has 7 heteroatoms. The van der Waals surface area contributed by atoms with Crippen molar-refractivity contribution in [3.63, 3.8) is 0 Å². The largest absolute Gasteiger partial charge is 0.336 e. The van der Waals surface area contributed by atoms with Crippen LogP contribution in [0, 0.1) is 0 Å². The van der Waals surface area contributed by atoms with Crippen LogP contribution in [0.15, 0.2) is 41.7 Å². The molecule has 108 valence electrons. The van der Waals surface area contributed by atoms with E-state index in [1.54, 1.807) is 6.20 Å². The lowest BCUT2D eigenvalue weighted by atomic mass is 10.2. The Labute approximate surface area is 125 Å². The van der Waals surface area contributed by atoms with Gasteiger partial charge in [-0.15, -0.1) is 0 Å². The Morgan fingerprint density at radius 2 is 2.14 bits per heavy atom. The van der Waals surface area contributed by atoms with Crippen LogP contribution in [0.1, 0.15) is 0 Å². The van der Waals surface area contributed by atoms with Crippen LogP contribution in [0.5, 0.6) is 0 Å². The molecule has 0 unspecified atom stereocenters. The molecule has 0 bridgehead atoms. The summed E-state index contributed by atoms with van der Waals surface area (Å²) in [6, 6.07) is 9.53. The predicted octanol–water partition coefficient (Wildman–Crippen LogP) is 1.72. The fraction of sp³-hybridized carbons (Fsp3) is 0.214. The number of aromatic nitrogens is 2. The molecular formula is C14H14N4O2S. The van der Waals surface area contributed by atoms with Crippen LogP contribution in [-0.4, -0.2) is 45.6 Å². The molecule has 1 fully saturated rings. The Balaban J connectivity index is 1.60. The van der Waals surface area contributed by atoms with E-state index >= 15 is 0 Å². The molecular weight excluding hydrogens is 288 g/mol. The van der Waals surface area contributed by atoms with Gasteiger partial charge in [0, 0.05) is 13.1 Å². The van der Waals surface area contributed by atoms with Crippen LogP contribution in [-0.2, 0) is 4.79 Å². The Kier molecular flexibility index (Phi) is 3.92. The lowest BCUT2D eigenvalue weighted by Crippen LogP contribution is -2.35. The van der Waals surface area contributed by atoms with E-state index in [0.717, 1.165) is 11.3 Å². The quantitative estimate of drug-likeness (QED) is 0.843. The molecule has 0 spiro atoms. The van der Waals surface area contributed by atoms with Crippen molar-refractivity contribution in [1.29, 1.82) is 0 Å². The maximum atomic E-state index is 11.9. The minimum atomic E-state index is -0.315. The molecule has 0 radical (unpaired) electrons. The molecule has 2 N–H and O–H groups in total. The molecule has 0 aliphatic carbocycles. The number of hydrogen-bond donors (Lipinski definition) is 2. The van der Waals surface area contributed by atoms with Crippen LogP contribution < -0.4 is 5.32 Å². The summed E-state index contributed by atoms with van der Waals surface area (Å²) >= 11 is 1.30. The van der Waals surface area contributed by atoms with Gasteiger partial charge in [-0.3, -0.25) is 9.69 Å². The SMILES string of the molecule is O=C(CSc1ncc(-c2ccccc2)[nH]1)N1CCNC1=O. The second kappa shape index (κ2) is 6.01. The first kappa shape index (κ1) is 13.7. The van der Waals surface area contributed by atoms with Gasteiger partial charge in [0.05, 0.1) is 17.6 Å². The molecule has 6 nitrogen and oxygen atoms in total. The van der Waals surface area contributed by atoms with E-state index in [4.69, 9.17) is 0 Å². The van der Waals surface area contributed by atoms with Crippen LogP contribution in [0.2, 0.25) is 0 Å². The van der Waals surface area contributed by atoms with Crippen molar-refractivity contribution in [1.82, 2.24) is 20.2 Å². The summed E-state index contributed by atoms with van der Waals surface area (Å²) in [5.74, 6) is -0.0116. The Morgan fingerprint density at radius 1 is 1.33 bits per heavy atom. The standard InChI is InChI=1S/C14H14N4O2S/c19-12(18-7-6-15-14(18)20)9-21-13-16-8-11(17-13)10-4-2-1-3-5-10/h1-5,8H,6-7,9H2,(H,15,20)(H,16,17). The average molecular weight is 302 g/mol. The summed E-state index contributed by atoms with van der Waals surface area (Å²) in [5.41, 5.74) is 1.95. The Hall–Kier alpha value is -2.28. The van der Waals surface area contributed by atoms with Crippen LogP contribution in [0.3, 0.4) is 0 Å². The van der Waals surface area contributed by atoms with Gasteiger partial charge in [-0.2, -0.15) is 0 Å².